The van der Waals surface area contributed by atoms with E-state index in [9.17, 15) is 4.79 Å². The van der Waals surface area contributed by atoms with Crippen LogP contribution in [-0.4, -0.2) is 15.9 Å². The van der Waals surface area contributed by atoms with Gasteiger partial charge in [0.25, 0.3) is 5.91 Å². The highest BCUT2D eigenvalue weighted by molar-refractivity contribution is 7.20. The number of nitrogens with zero attached hydrogens (tertiary/aromatic N) is 2. The molecule has 0 radical (unpaired) electrons. The van der Waals surface area contributed by atoms with E-state index in [-0.39, 0.29) is 11.9 Å². The van der Waals surface area contributed by atoms with Crippen molar-refractivity contribution in [2.75, 3.05) is 5.32 Å². The molecule has 4 nitrogen and oxygen atoms in total. The molecule has 0 spiro atoms. The van der Waals surface area contributed by atoms with Crippen molar-refractivity contribution in [3.63, 3.8) is 0 Å². The van der Waals surface area contributed by atoms with Gasteiger partial charge in [-0.25, -0.2) is 9.97 Å². The van der Waals surface area contributed by atoms with Crippen molar-refractivity contribution in [2.24, 2.45) is 0 Å². The van der Waals surface area contributed by atoms with Crippen LogP contribution in [0, 0.1) is 6.92 Å². The molecule has 0 aliphatic rings. The van der Waals surface area contributed by atoms with Gasteiger partial charge in [-0.05, 0) is 30.5 Å². The minimum atomic E-state index is -0.229. The maximum atomic E-state index is 12.2. The van der Waals surface area contributed by atoms with E-state index in [1.807, 2.05) is 30.3 Å². The molecule has 0 aliphatic heterocycles. The highest BCUT2D eigenvalue weighted by Gasteiger charge is 2.12. The number of hydrogen-bond donors (Lipinski definition) is 1. The van der Waals surface area contributed by atoms with Crippen LogP contribution in [0.4, 0.5) is 5.95 Å². The first kappa shape index (κ1) is 13.0. The highest BCUT2D eigenvalue weighted by atomic mass is 35.5. The van der Waals surface area contributed by atoms with E-state index in [4.69, 9.17) is 11.6 Å². The van der Waals surface area contributed by atoms with Gasteiger partial charge in [0.1, 0.15) is 5.15 Å². The minimum absolute atomic E-state index is 0.220. The number of carbonyl (C=O) groups is 1. The largest absolute Gasteiger partial charge is 0.290 e. The first-order valence-corrected chi connectivity index (χ1v) is 7.12. The average Bonchev–Trinajstić information content (AvgIpc) is 2.81. The number of aryl methyl sites for hydroxylation is 1. The van der Waals surface area contributed by atoms with Gasteiger partial charge in [-0.1, -0.05) is 29.8 Å². The number of thiophene rings is 1. The van der Waals surface area contributed by atoms with Crippen LogP contribution in [-0.2, 0) is 0 Å². The fourth-order valence-electron chi connectivity index (χ4n) is 1.84. The second-order valence-corrected chi connectivity index (χ2v) is 5.73. The fraction of sp³-hybridized carbons (Fsp3) is 0.0714. The SMILES string of the molecule is Cc1cc(Cl)nc(NC(=O)c2cc3ccccc3s2)n1. The van der Waals surface area contributed by atoms with Crippen LogP contribution < -0.4 is 5.32 Å². The van der Waals surface area contributed by atoms with Gasteiger partial charge in [-0.2, -0.15) is 0 Å². The van der Waals surface area contributed by atoms with E-state index in [1.54, 1.807) is 13.0 Å². The number of halogens is 1. The first-order valence-electron chi connectivity index (χ1n) is 5.93. The summed E-state index contributed by atoms with van der Waals surface area (Å²) >= 11 is 7.28. The second kappa shape index (κ2) is 5.19. The van der Waals surface area contributed by atoms with Crippen LogP contribution in [0.1, 0.15) is 15.4 Å². The number of nitrogens with one attached hydrogen (secondary N) is 1. The van der Waals surface area contributed by atoms with Crippen LogP contribution in [0.3, 0.4) is 0 Å². The number of aromatic nitrogens is 2. The normalized spacial score (nSPS) is 10.7. The zero-order chi connectivity index (χ0) is 14.1. The molecule has 3 aromatic rings. The lowest BCUT2D eigenvalue weighted by molar-refractivity contribution is 0.103. The molecule has 0 unspecified atom stereocenters. The van der Waals surface area contributed by atoms with Gasteiger partial charge in [-0.15, -0.1) is 11.3 Å². The molecule has 1 N–H and O–H groups in total. The predicted octanol–water partition coefficient (Wildman–Crippen LogP) is 3.91. The van der Waals surface area contributed by atoms with Gasteiger partial charge in [0.05, 0.1) is 4.88 Å². The molecule has 6 heteroatoms. The lowest BCUT2D eigenvalue weighted by Gasteiger charge is -2.03. The number of anilines is 1. The Labute approximate surface area is 124 Å². The van der Waals surface area contributed by atoms with Gasteiger partial charge in [0, 0.05) is 10.4 Å². The summed E-state index contributed by atoms with van der Waals surface area (Å²) in [5.41, 5.74) is 0.705. The van der Waals surface area contributed by atoms with E-state index >= 15 is 0 Å². The Morgan fingerprint density at radius 2 is 2.05 bits per heavy atom. The molecule has 0 atom stereocenters. The number of amides is 1. The smallest absolute Gasteiger partial charge is 0.268 e. The molecule has 2 aromatic heterocycles. The van der Waals surface area contributed by atoms with Crippen LogP contribution in [0.15, 0.2) is 36.4 Å². The molecule has 3 rings (SSSR count). The van der Waals surface area contributed by atoms with Crippen LogP contribution in [0.2, 0.25) is 5.15 Å². The zero-order valence-electron chi connectivity index (χ0n) is 10.6. The first-order chi connectivity index (χ1) is 9.61. The van der Waals surface area contributed by atoms with Crippen LogP contribution in [0.5, 0.6) is 0 Å². The van der Waals surface area contributed by atoms with E-state index in [2.05, 4.69) is 15.3 Å². The Bertz CT molecular complexity index is 747. The van der Waals surface area contributed by atoms with Gasteiger partial charge in [0.2, 0.25) is 5.95 Å². The van der Waals surface area contributed by atoms with E-state index in [0.717, 1.165) is 10.1 Å². The van der Waals surface area contributed by atoms with Crippen molar-refractivity contribution in [3.8, 4) is 0 Å². The predicted molar refractivity (Wildman–Crippen MR) is 81.6 cm³/mol. The summed E-state index contributed by atoms with van der Waals surface area (Å²) < 4.78 is 1.07. The van der Waals surface area contributed by atoms with E-state index in [0.29, 0.717) is 15.7 Å². The van der Waals surface area contributed by atoms with Crippen molar-refractivity contribution in [3.05, 3.63) is 52.1 Å². The molecule has 20 heavy (non-hydrogen) atoms. The van der Waals surface area contributed by atoms with Gasteiger partial charge in [0.15, 0.2) is 0 Å². The molecule has 0 aliphatic carbocycles. The minimum Gasteiger partial charge on any atom is -0.290 e. The quantitative estimate of drug-likeness (QED) is 0.730. The maximum Gasteiger partial charge on any atom is 0.268 e. The molecular formula is C14H10ClN3OS. The Morgan fingerprint density at radius 1 is 1.25 bits per heavy atom. The standard InChI is InChI=1S/C14H10ClN3OS/c1-8-6-12(15)17-14(16-8)18-13(19)11-7-9-4-2-3-5-10(9)20-11/h2-7H,1H3,(H,16,17,18,19). The van der Waals surface area contributed by atoms with Crippen molar-refractivity contribution in [1.82, 2.24) is 9.97 Å². The van der Waals surface area contributed by atoms with E-state index in [1.165, 1.54) is 11.3 Å². The molecule has 0 fully saturated rings. The number of fused-ring (bicyclic) bond motifs is 1. The summed E-state index contributed by atoms with van der Waals surface area (Å²) in [5.74, 6) is -0.00896. The maximum absolute atomic E-state index is 12.2. The highest BCUT2D eigenvalue weighted by Crippen LogP contribution is 2.25. The van der Waals surface area contributed by atoms with Crippen molar-refractivity contribution in [1.29, 1.82) is 0 Å². The van der Waals surface area contributed by atoms with E-state index < -0.39 is 0 Å². The molecule has 0 bridgehead atoms. The summed E-state index contributed by atoms with van der Waals surface area (Å²) in [6.07, 6.45) is 0. The lowest BCUT2D eigenvalue weighted by Crippen LogP contribution is -2.13. The monoisotopic (exact) mass is 303 g/mol. The molecule has 0 saturated carbocycles. The topological polar surface area (TPSA) is 54.9 Å². The number of carbonyl (C=O) groups excluding carboxylic acids is 1. The van der Waals surface area contributed by atoms with Crippen molar-refractivity contribution < 1.29 is 4.79 Å². The molecule has 100 valence electrons. The Hall–Kier alpha value is -1.98. The summed E-state index contributed by atoms with van der Waals surface area (Å²) in [7, 11) is 0. The number of benzene rings is 1. The lowest BCUT2D eigenvalue weighted by atomic mass is 10.2. The summed E-state index contributed by atoms with van der Waals surface area (Å²) in [6, 6.07) is 11.3. The molecule has 0 saturated heterocycles. The fourth-order valence-corrected chi connectivity index (χ4v) is 3.04. The molecule has 1 amide bonds. The third-order valence-electron chi connectivity index (χ3n) is 2.70. The molecule has 2 heterocycles. The average molecular weight is 304 g/mol. The summed E-state index contributed by atoms with van der Waals surface area (Å²) in [6.45, 7) is 1.79. The zero-order valence-corrected chi connectivity index (χ0v) is 12.1. The summed E-state index contributed by atoms with van der Waals surface area (Å²) in [5, 5.41) is 4.02. The Balaban J connectivity index is 1.88. The molecular weight excluding hydrogens is 294 g/mol. The van der Waals surface area contributed by atoms with Crippen LogP contribution >= 0.6 is 22.9 Å². The Kier molecular flexibility index (Phi) is 3.38. The van der Waals surface area contributed by atoms with Crippen LogP contribution in [0.25, 0.3) is 10.1 Å². The Morgan fingerprint density at radius 3 is 2.80 bits per heavy atom. The van der Waals surface area contributed by atoms with Crippen molar-refractivity contribution >= 4 is 44.9 Å². The van der Waals surface area contributed by atoms with Crippen molar-refractivity contribution in [2.45, 2.75) is 6.92 Å². The summed E-state index contributed by atoms with van der Waals surface area (Å²) in [4.78, 5) is 20.9. The number of hydrogen-bond acceptors (Lipinski definition) is 4. The third kappa shape index (κ3) is 2.64. The number of rotatable bonds is 2. The van der Waals surface area contributed by atoms with Gasteiger partial charge >= 0.3 is 0 Å². The molecule has 1 aromatic carbocycles. The second-order valence-electron chi connectivity index (χ2n) is 4.26. The third-order valence-corrected chi connectivity index (χ3v) is 4.01. The van der Waals surface area contributed by atoms with Gasteiger partial charge in [-0.3, -0.25) is 10.1 Å². The van der Waals surface area contributed by atoms with Gasteiger partial charge < -0.3 is 0 Å².